The predicted octanol–water partition coefficient (Wildman–Crippen LogP) is 7.07. The molecule has 2 saturated heterocycles. The molecule has 4 aromatic rings. The van der Waals surface area contributed by atoms with Gasteiger partial charge in [-0.1, -0.05) is 30.7 Å². The predicted molar refractivity (Wildman–Crippen MR) is 219 cm³/mol. The number of alkyl carbamates (subject to hydrolysis) is 1. The van der Waals surface area contributed by atoms with Crippen molar-refractivity contribution in [3.05, 3.63) is 52.9 Å². The molecule has 1 aromatic carbocycles. The molecule has 1 N–H and O–H groups in total. The van der Waals surface area contributed by atoms with Gasteiger partial charge in [-0.15, -0.1) is 0 Å². The number of likely N-dealkylation sites (tertiary alicyclic amines) is 1. The van der Waals surface area contributed by atoms with E-state index in [1.807, 2.05) is 18.2 Å². The van der Waals surface area contributed by atoms with Crippen molar-refractivity contribution in [1.29, 1.82) is 0 Å². The lowest BCUT2D eigenvalue weighted by molar-refractivity contribution is -0.156. The third-order valence-corrected chi connectivity index (χ3v) is 10.1. The molecule has 0 spiro atoms. The molecule has 2 amide bonds. The molecule has 0 aliphatic carbocycles. The second-order valence-corrected chi connectivity index (χ2v) is 17.3. The highest BCUT2D eigenvalue weighted by atomic mass is 35.5. The van der Waals surface area contributed by atoms with E-state index in [0.717, 1.165) is 0 Å². The van der Waals surface area contributed by atoms with Crippen LogP contribution in [0, 0.1) is 5.92 Å². The molecule has 2 fully saturated rings. The molecular weight excluding hydrogens is 803 g/mol. The highest BCUT2D eigenvalue weighted by Gasteiger charge is 2.48. The van der Waals surface area contributed by atoms with Crippen LogP contribution in [0.4, 0.5) is 19.8 Å². The van der Waals surface area contributed by atoms with Crippen LogP contribution in [-0.4, -0.2) is 107 Å². The number of alkyl halides is 1. The van der Waals surface area contributed by atoms with Crippen molar-refractivity contribution in [3.8, 4) is 5.88 Å². The molecule has 324 valence electrons. The lowest BCUT2D eigenvalue weighted by atomic mass is 9.79. The van der Waals surface area contributed by atoms with Crippen molar-refractivity contribution in [3.63, 3.8) is 0 Å². The lowest BCUT2D eigenvalue weighted by Crippen LogP contribution is -2.49. The summed E-state index contributed by atoms with van der Waals surface area (Å²) in [5, 5.41) is 3.40. The number of hydrogen-bond acceptors (Lipinski definition) is 14. The van der Waals surface area contributed by atoms with E-state index in [9.17, 15) is 19.2 Å². The van der Waals surface area contributed by atoms with Crippen LogP contribution in [0.15, 0.2) is 40.9 Å². The van der Waals surface area contributed by atoms with Gasteiger partial charge in [0.15, 0.2) is 11.4 Å². The molecular formula is C42H52ClFN6O10. The Kier molecular flexibility index (Phi) is 13.0. The topological polar surface area (TPSA) is 185 Å². The van der Waals surface area contributed by atoms with Crippen molar-refractivity contribution >= 4 is 63.6 Å². The normalized spacial score (nSPS) is 20.9. The summed E-state index contributed by atoms with van der Waals surface area (Å²) in [5.74, 6) is -1.44. The second kappa shape index (κ2) is 17.6. The van der Waals surface area contributed by atoms with Crippen LogP contribution in [0.1, 0.15) is 79.6 Å². The average molecular weight is 855 g/mol. The fourth-order valence-corrected chi connectivity index (χ4v) is 7.45. The molecule has 2 aliphatic rings. The standard InChI is InChI=1S/C42H52ClFN6O10/c1-9-55-32(51)20-31-47-33-27-12-10-11-13-30(27)58-34(33)35(48-31)50-23-26(19-29(50)37(52)59-40(3,4)5)57-36-28(18-25(43)21-46-36)42(44)14-16-49(22-24(42)2)39(54)56-17-15-45-38(53)60-41(6,7)8/h10-13,18,21,24,26,29H,9,14-17,19-20,22-23H2,1-8H3,(H,45,53)/t24-,26-,29-,42+/m0/s1. The first-order valence-electron chi connectivity index (χ1n) is 20.0. The van der Waals surface area contributed by atoms with Crippen LogP contribution in [0.25, 0.3) is 22.1 Å². The quantitative estimate of drug-likeness (QED) is 0.0918. The van der Waals surface area contributed by atoms with Crippen molar-refractivity contribution in [1.82, 2.24) is 25.2 Å². The Morgan fingerprint density at radius 2 is 1.77 bits per heavy atom. The number of aromatic nitrogens is 3. The van der Waals surface area contributed by atoms with E-state index in [-0.39, 0.29) is 86.8 Å². The first kappa shape index (κ1) is 44.1. The fraction of sp³-hybridized carbons (Fsp3) is 0.548. The number of hydrogen-bond donors (Lipinski definition) is 1. The van der Waals surface area contributed by atoms with E-state index in [0.29, 0.717) is 22.1 Å². The fourth-order valence-electron chi connectivity index (χ4n) is 7.30. The summed E-state index contributed by atoms with van der Waals surface area (Å²) in [7, 11) is 0. The summed E-state index contributed by atoms with van der Waals surface area (Å²) in [5.41, 5.74) is -2.16. The number of esters is 2. The molecule has 18 heteroatoms. The molecule has 2 aliphatic heterocycles. The Hall–Kier alpha value is -5.45. The Labute approximate surface area is 352 Å². The van der Waals surface area contributed by atoms with Gasteiger partial charge in [0.1, 0.15) is 59.0 Å². The molecule has 60 heavy (non-hydrogen) atoms. The van der Waals surface area contributed by atoms with E-state index in [4.69, 9.17) is 44.7 Å². The van der Waals surface area contributed by atoms with Gasteiger partial charge >= 0.3 is 24.1 Å². The third kappa shape index (κ3) is 10.3. The lowest BCUT2D eigenvalue weighted by Gasteiger charge is -2.41. The number of carbonyl (C=O) groups is 4. The first-order chi connectivity index (χ1) is 28.2. The van der Waals surface area contributed by atoms with E-state index in [2.05, 4.69) is 15.3 Å². The summed E-state index contributed by atoms with van der Waals surface area (Å²) in [6, 6.07) is 7.81. The molecule has 6 rings (SSSR count). The van der Waals surface area contributed by atoms with Crippen LogP contribution in [0.3, 0.4) is 0 Å². The zero-order valence-corrected chi connectivity index (χ0v) is 35.9. The average Bonchev–Trinajstić information content (AvgIpc) is 3.75. The van der Waals surface area contributed by atoms with Crippen molar-refractivity contribution < 1.29 is 51.7 Å². The number of fused-ring (bicyclic) bond motifs is 3. The summed E-state index contributed by atoms with van der Waals surface area (Å²) < 4.78 is 51.9. The molecule has 4 atom stereocenters. The first-order valence-corrected chi connectivity index (χ1v) is 20.4. The number of pyridine rings is 1. The van der Waals surface area contributed by atoms with Crippen LogP contribution >= 0.6 is 11.6 Å². The van der Waals surface area contributed by atoms with Gasteiger partial charge in [0, 0.05) is 43.4 Å². The molecule has 5 heterocycles. The number of amides is 2. The van der Waals surface area contributed by atoms with E-state index >= 15 is 4.39 Å². The SMILES string of the molecule is CCOC(=O)Cc1nc(N2C[C@@H](Oc3ncc(Cl)cc3[C@@]3(F)CCN(C(=O)OCCNC(=O)OC(C)(C)C)C[C@@H]3C)C[C@H]2C(=O)OC(C)(C)C)c2oc3ccccc3c2n1. The highest BCUT2D eigenvalue weighted by molar-refractivity contribution is 6.30. The number of ether oxygens (including phenoxy) is 5. The van der Waals surface area contributed by atoms with Gasteiger partial charge in [0.05, 0.1) is 30.3 Å². The molecule has 0 radical (unpaired) electrons. The van der Waals surface area contributed by atoms with Crippen LogP contribution in [0.2, 0.25) is 5.02 Å². The van der Waals surface area contributed by atoms with E-state index in [1.54, 1.807) is 66.4 Å². The van der Waals surface area contributed by atoms with Gasteiger partial charge in [-0.2, -0.15) is 0 Å². The monoisotopic (exact) mass is 854 g/mol. The number of nitrogens with zero attached hydrogens (tertiary/aromatic N) is 5. The number of rotatable bonds is 11. The summed E-state index contributed by atoms with van der Waals surface area (Å²) in [6.07, 6.45) is -0.934. The number of para-hydroxylation sites is 1. The van der Waals surface area contributed by atoms with Gasteiger partial charge in [-0.3, -0.25) is 4.79 Å². The minimum absolute atomic E-state index is 0.00799. The smallest absolute Gasteiger partial charge is 0.409 e. The van der Waals surface area contributed by atoms with Crippen LogP contribution in [-0.2, 0) is 40.6 Å². The number of anilines is 1. The van der Waals surface area contributed by atoms with Crippen molar-refractivity contribution in [2.75, 3.05) is 44.3 Å². The van der Waals surface area contributed by atoms with E-state index in [1.165, 1.54) is 17.2 Å². The zero-order valence-electron chi connectivity index (χ0n) is 35.1. The van der Waals surface area contributed by atoms with Crippen LogP contribution in [0.5, 0.6) is 5.88 Å². The minimum atomic E-state index is -2.03. The molecule has 0 bridgehead atoms. The van der Waals surface area contributed by atoms with Crippen molar-refractivity contribution in [2.45, 2.75) is 104 Å². The minimum Gasteiger partial charge on any atom is -0.472 e. The Balaban J connectivity index is 1.25. The largest absolute Gasteiger partial charge is 0.472 e. The number of halogens is 2. The molecule has 16 nitrogen and oxygen atoms in total. The van der Waals surface area contributed by atoms with Crippen LogP contribution < -0.4 is 15.0 Å². The maximum atomic E-state index is 17.4. The van der Waals surface area contributed by atoms with E-state index < -0.39 is 59.1 Å². The molecule has 0 saturated carbocycles. The zero-order chi connectivity index (χ0) is 43.6. The Morgan fingerprint density at radius 3 is 2.47 bits per heavy atom. The number of nitrogens with one attached hydrogen (secondary N) is 1. The molecule has 3 aromatic heterocycles. The Morgan fingerprint density at radius 1 is 1.03 bits per heavy atom. The number of furan rings is 1. The van der Waals surface area contributed by atoms with Gasteiger partial charge in [0.25, 0.3) is 0 Å². The Bertz CT molecular complexity index is 2240. The maximum absolute atomic E-state index is 17.4. The van der Waals surface area contributed by atoms with Crippen molar-refractivity contribution in [2.24, 2.45) is 5.92 Å². The second-order valence-electron chi connectivity index (χ2n) is 16.9. The van der Waals surface area contributed by atoms with Gasteiger partial charge in [-0.05, 0) is 66.7 Å². The molecule has 0 unspecified atom stereocenters. The van der Waals surface area contributed by atoms with Gasteiger partial charge in [-0.25, -0.2) is 33.7 Å². The summed E-state index contributed by atoms with van der Waals surface area (Å²) in [4.78, 5) is 68.5. The number of carbonyl (C=O) groups excluding carboxylic acids is 4. The number of piperidine rings is 1. The third-order valence-electron chi connectivity index (χ3n) is 9.89. The maximum Gasteiger partial charge on any atom is 0.409 e. The number of benzene rings is 1. The highest BCUT2D eigenvalue weighted by Crippen LogP contribution is 2.46. The summed E-state index contributed by atoms with van der Waals surface area (Å²) >= 11 is 6.42. The van der Waals surface area contributed by atoms with Gasteiger partial charge in [0.2, 0.25) is 5.88 Å². The summed E-state index contributed by atoms with van der Waals surface area (Å²) in [6.45, 7) is 14.1. The van der Waals surface area contributed by atoms with Gasteiger partial charge < -0.3 is 43.2 Å².